The van der Waals surface area contributed by atoms with Gasteiger partial charge in [-0.15, -0.1) is 0 Å². The molecule has 4 rings (SSSR count). The summed E-state index contributed by atoms with van der Waals surface area (Å²) in [5, 5.41) is 21.5. The van der Waals surface area contributed by atoms with Crippen LogP contribution >= 0.6 is 0 Å². The molecule has 0 amide bonds. The van der Waals surface area contributed by atoms with Gasteiger partial charge < -0.3 is 14.8 Å². The first-order chi connectivity index (χ1) is 12.5. The fraction of sp³-hybridized carbons (Fsp3) is 0.200. The van der Waals surface area contributed by atoms with Crippen molar-refractivity contribution < 1.29 is 9.84 Å². The normalized spacial score (nSPS) is 13.7. The van der Waals surface area contributed by atoms with E-state index in [2.05, 4.69) is 16.0 Å². The van der Waals surface area contributed by atoms with Gasteiger partial charge >= 0.3 is 0 Å². The molecular weight excluding hydrogens is 328 g/mol. The van der Waals surface area contributed by atoms with Gasteiger partial charge in [0.05, 0.1) is 41.7 Å². The topological polar surface area (TPSA) is 86.9 Å². The van der Waals surface area contributed by atoms with Gasteiger partial charge in [0.25, 0.3) is 0 Å². The number of aliphatic hydroxyl groups is 1. The van der Waals surface area contributed by atoms with Gasteiger partial charge in [0.2, 0.25) is 0 Å². The van der Waals surface area contributed by atoms with Gasteiger partial charge in [-0.25, -0.2) is 4.98 Å². The molecule has 0 aliphatic heterocycles. The number of methoxy groups -OCH3 is 1. The molecule has 130 valence electrons. The summed E-state index contributed by atoms with van der Waals surface area (Å²) >= 11 is 0. The number of fused-ring (bicyclic) bond motifs is 2. The van der Waals surface area contributed by atoms with E-state index in [0.29, 0.717) is 22.4 Å². The van der Waals surface area contributed by atoms with Gasteiger partial charge in [0, 0.05) is 17.1 Å². The average Bonchev–Trinajstić information content (AvgIpc) is 3.27. The largest absolute Gasteiger partial charge is 0.496 e. The van der Waals surface area contributed by atoms with E-state index in [0.717, 1.165) is 22.0 Å². The molecule has 0 aliphatic rings. The molecule has 26 heavy (non-hydrogen) atoms. The van der Waals surface area contributed by atoms with Crippen LogP contribution in [-0.2, 0) is 5.72 Å². The summed E-state index contributed by atoms with van der Waals surface area (Å²) in [5.74, 6) is 0.607. The molecule has 2 aromatic carbocycles. The number of aromatic amines is 1. The molecule has 0 saturated heterocycles. The van der Waals surface area contributed by atoms with Gasteiger partial charge in [-0.05, 0) is 49.7 Å². The van der Waals surface area contributed by atoms with E-state index in [1.807, 2.05) is 25.3 Å². The molecule has 4 aromatic rings. The maximum atomic E-state index is 11.6. The number of benzene rings is 2. The lowest BCUT2D eigenvalue weighted by atomic mass is 9.96. The third kappa shape index (κ3) is 2.18. The van der Waals surface area contributed by atoms with Crippen molar-refractivity contribution in [2.24, 2.45) is 0 Å². The molecule has 0 radical (unpaired) electrons. The highest BCUT2D eigenvalue weighted by molar-refractivity contribution is 5.89. The highest BCUT2D eigenvalue weighted by atomic mass is 16.5. The number of rotatable bonds is 3. The van der Waals surface area contributed by atoms with Gasteiger partial charge in [-0.3, -0.25) is 4.57 Å². The summed E-state index contributed by atoms with van der Waals surface area (Å²) in [5.41, 5.74) is 3.17. The van der Waals surface area contributed by atoms with Crippen molar-refractivity contribution in [3.05, 3.63) is 59.5 Å². The zero-order valence-electron chi connectivity index (χ0n) is 14.7. The fourth-order valence-electron chi connectivity index (χ4n) is 3.58. The van der Waals surface area contributed by atoms with Crippen LogP contribution in [0.25, 0.3) is 21.9 Å². The second-order valence-corrected chi connectivity index (χ2v) is 6.49. The van der Waals surface area contributed by atoms with Crippen molar-refractivity contribution in [3.8, 4) is 11.8 Å². The number of aryl methyl sites for hydroxylation is 1. The van der Waals surface area contributed by atoms with E-state index in [1.54, 1.807) is 43.1 Å². The number of H-pyrrole nitrogens is 1. The number of ether oxygens (including phenoxy) is 1. The van der Waals surface area contributed by atoms with Gasteiger partial charge in [-0.2, -0.15) is 5.26 Å². The minimum absolute atomic E-state index is 0.531. The van der Waals surface area contributed by atoms with Crippen LogP contribution in [0.3, 0.4) is 0 Å². The molecule has 0 aliphatic carbocycles. The molecule has 0 spiro atoms. The molecule has 2 aromatic heterocycles. The lowest BCUT2D eigenvalue weighted by Gasteiger charge is -2.29. The second kappa shape index (κ2) is 5.61. The van der Waals surface area contributed by atoms with Crippen molar-refractivity contribution in [1.82, 2.24) is 14.5 Å². The zero-order chi connectivity index (χ0) is 18.5. The van der Waals surface area contributed by atoms with Crippen molar-refractivity contribution >= 4 is 21.9 Å². The molecule has 0 saturated carbocycles. The van der Waals surface area contributed by atoms with Crippen LogP contribution in [0, 0.1) is 18.3 Å². The van der Waals surface area contributed by atoms with E-state index < -0.39 is 5.72 Å². The Morgan fingerprint density at radius 1 is 1.31 bits per heavy atom. The van der Waals surface area contributed by atoms with Crippen molar-refractivity contribution in [2.45, 2.75) is 19.6 Å². The minimum atomic E-state index is -1.40. The summed E-state index contributed by atoms with van der Waals surface area (Å²) < 4.78 is 7.28. The van der Waals surface area contributed by atoms with E-state index in [-0.39, 0.29) is 0 Å². The maximum absolute atomic E-state index is 11.6. The SMILES string of the molecule is COc1cc(C)c2[nH]ccc2c1C(C)(O)n1cnc2cc(C#N)ccc21. The Morgan fingerprint density at radius 2 is 2.12 bits per heavy atom. The van der Waals surface area contributed by atoms with E-state index in [4.69, 9.17) is 10.00 Å². The zero-order valence-corrected chi connectivity index (χ0v) is 14.7. The minimum Gasteiger partial charge on any atom is -0.496 e. The summed E-state index contributed by atoms with van der Waals surface area (Å²) in [6.45, 7) is 3.71. The first-order valence-corrected chi connectivity index (χ1v) is 8.22. The fourth-order valence-corrected chi connectivity index (χ4v) is 3.58. The third-order valence-corrected chi connectivity index (χ3v) is 4.84. The highest BCUT2D eigenvalue weighted by Gasteiger charge is 2.33. The molecular formula is C20H18N4O2. The number of imidazole rings is 1. The smallest absolute Gasteiger partial charge is 0.170 e. The number of hydrogen-bond donors (Lipinski definition) is 2. The summed E-state index contributed by atoms with van der Waals surface area (Å²) in [7, 11) is 1.60. The van der Waals surface area contributed by atoms with Crippen LogP contribution in [0.2, 0.25) is 0 Å². The van der Waals surface area contributed by atoms with Crippen LogP contribution < -0.4 is 4.74 Å². The molecule has 6 heteroatoms. The summed E-state index contributed by atoms with van der Waals surface area (Å²) in [4.78, 5) is 7.58. The number of aromatic nitrogens is 3. The van der Waals surface area contributed by atoms with Crippen molar-refractivity contribution in [1.29, 1.82) is 5.26 Å². The first-order valence-electron chi connectivity index (χ1n) is 8.22. The predicted octanol–water partition coefficient (Wildman–Crippen LogP) is 3.42. The van der Waals surface area contributed by atoms with E-state index in [1.165, 1.54) is 0 Å². The molecule has 1 atom stereocenters. The first kappa shape index (κ1) is 16.2. The lowest BCUT2D eigenvalue weighted by Crippen LogP contribution is -2.31. The molecule has 2 heterocycles. The number of nitrogens with one attached hydrogen (secondary N) is 1. The molecule has 0 bridgehead atoms. The monoisotopic (exact) mass is 346 g/mol. The Bertz CT molecular complexity index is 1180. The molecule has 6 nitrogen and oxygen atoms in total. The van der Waals surface area contributed by atoms with Crippen LogP contribution in [0.4, 0.5) is 0 Å². The highest BCUT2D eigenvalue weighted by Crippen LogP contribution is 2.40. The molecule has 1 unspecified atom stereocenters. The number of nitrogens with zero attached hydrogens (tertiary/aromatic N) is 3. The Kier molecular flexibility index (Phi) is 3.49. The maximum Gasteiger partial charge on any atom is 0.170 e. The summed E-state index contributed by atoms with van der Waals surface area (Å²) in [6.07, 6.45) is 3.44. The van der Waals surface area contributed by atoms with Crippen LogP contribution in [0.5, 0.6) is 5.75 Å². The Labute approximate surface area is 150 Å². The third-order valence-electron chi connectivity index (χ3n) is 4.84. The van der Waals surface area contributed by atoms with E-state index in [9.17, 15) is 5.11 Å². The van der Waals surface area contributed by atoms with Crippen LogP contribution in [0.1, 0.15) is 23.6 Å². The molecule has 0 fully saturated rings. The standard InChI is InChI=1S/C20H18N4O2/c1-12-8-17(26-3)18(14-6-7-22-19(12)14)20(2,25)24-11-23-15-9-13(10-21)4-5-16(15)24/h4-9,11,22,25H,1-3H3. The molecule has 2 N–H and O–H groups in total. The van der Waals surface area contributed by atoms with Gasteiger partial charge in [0.1, 0.15) is 5.75 Å². The van der Waals surface area contributed by atoms with Gasteiger partial charge in [0.15, 0.2) is 5.72 Å². The van der Waals surface area contributed by atoms with Crippen molar-refractivity contribution in [2.75, 3.05) is 7.11 Å². The Balaban J connectivity index is 2.01. The van der Waals surface area contributed by atoms with Crippen LogP contribution in [0.15, 0.2) is 42.9 Å². The Morgan fingerprint density at radius 3 is 2.85 bits per heavy atom. The quantitative estimate of drug-likeness (QED) is 0.595. The summed E-state index contributed by atoms with van der Waals surface area (Å²) in [6, 6.07) is 11.2. The predicted molar refractivity (Wildman–Crippen MR) is 99.0 cm³/mol. The number of hydrogen-bond acceptors (Lipinski definition) is 4. The second-order valence-electron chi connectivity index (χ2n) is 6.49. The van der Waals surface area contributed by atoms with E-state index >= 15 is 0 Å². The van der Waals surface area contributed by atoms with Gasteiger partial charge in [-0.1, -0.05) is 0 Å². The van der Waals surface area contributed by atoms with Crippen LogP contribution in [-0.4, -0.2) is 26.8 Å². The lowest BCUT2D eigenvalue weighted by molar-refractivity contribution is 0.0286. The Hall–Kier alpha value is -3.30. The van der Waals surface area contributed by atoms with Crippen molar-refractivity contribution in [3.63, 3.8) is 0 Å². The average molecular weight is 346 g/mol. The number of nitriles is 1.